The van der Waals surface area contributed by atoms with Gasteiger partial charge < -0.3 is 14.8 Å². The number of esters is 1. The maximum Gasteiger partial charge on any atom is 0.311 e. The number of benzene rings is 1. The van der Waals surface area contributed by atoms with Crippen LogP contribution in [0.4, 0.5) is 0 Å². The third-order valence-electron chi connectivity index (χ3n) is 2.77. The van der Waals surface area contributed by atoms with Gasteiger partial charge in [-0.15, -0.1) is 11.3 Å². The van der Waals surface area contributed by atoms with Gasteiger partial charge in [0, 0.05) is 9.90 Å². The molecular formula is C16H16ClNO4S. The Balaban J connectivity index is 1.56. The van der Waals surface area contributed by atoms with Crippen molar-refractivity contribution in [1.29, 1.82) is 0 Å². The highest BCUT2D eigenvalue weighted by Gasteiger charge is 2.08. The van der Waals surface area contributed by atoms with Crippen LogP contribution < -0.4 is 10.1 Å². The molecule has 1 heterocycles. The van der Waals surface area contributed by atoms with Crippen LogP contribution in [0.1, 0.15) is 4.88 Å². The van der Waals surface area contributed by atoms with Gasteiger partial charge in [0.2, 0.25) is 0 Å². The molecule has 7 heteroatoms. The Morgan fingerprint density at radius 2 is 1.96 bits per heavy atom. The molecule has 0 aliphatic rings. The normalized spacial score (nSPS) is 10.1. The molecule has 2 aromatic rings. The highest BCUT2D eigenvalue weighted by molar-refractivity contribution is 7.10. The number of nitrogens with one attached hydrogen (secondary N) is 1. The minimum absolute atomic E-state index is 0.185. The van der Waals surface area contributed by atoms with Crippen LogP contribution in [0, 0.1) is 0 Å². The van der Waals surface area contributed by atoms with Crippen molar-refractivity contribution in [2.45, 2.75) is 6.42 Å². The Labute approximate surface area is 143 Å². The third kappa shape index (κ3) is 6.71. The standard InChI is InChI=1S/C16H16ClNO4S/c17-12-3-5-13(6-4-12)21-8-7-18-15(19)11-22-16(20)10-14-2-1-9-23-14/h1-6,9H,7-8,10-11H2,(H,18,19). The first kappa shape index (κ1) is 17.3. The maximum absolute atomic E-state index is 11.5. The predicted molar refractivity (Wildman–Crippen MR) is 88.9 cm³/mol. The van der Waals surface area contributed by atoms with Crippen molar-refractivity contribution in [3.05, 3.63) is 51.7 Å². The predicted octanol–water partition coefficient (Wildman–Crippen LogP) is 2.68. The Morgan fingerprint density at radius 1 is 1.17 bits per heavy atom. The monoisotopic (exact) mass is 353 g/mol. The summed E-state index contributed by atoms with van der Waals surface area (Å²) in [5.41, 5.74) is 0. The number of hydrogen-bond acceptors (Lipinski definition) is 5. The van der Waals surface area contributed by atoms with Crippen LogP contribution in [0.5, 0.6) is 5.75 Å². The molecule has 0 bridgehead atoms. The first-order valence-electron chi connectivity index (χ1n) is 6.96. The van der Waals surface area contributed by atoms with E-state index in [1.54, 1.807) is 24.3 Å². The molecule has 0 unspecified atom stereocenters. The lowest BCUT2D eigenvalue weighted by Gasteiger charge is -2.08. The summed E-state index contributed by atoms with van der Waals surface area (Å²) in [5.74, 6) is -0.102. The number of carbonyl (C=O) groups excluding carboxylic acids is 2. The van der Waals surface area contributed by atoms with E-state index in [2.05, 4.69) is 5.32 Å². The smallest absolute Gasteiger partial charge is 0.311 e. The van der Waals surface area contributed by atoms with Crippen molar-refractivity contribution in [1.82, 2.24) is 5.32 Å². The van der Waals surface area contributed by atoms with Crippen LogP contribution in [0.2, 0.25) is 5.02 Å². The maximum atomic E-state index is 11.5. The van der Waals surface area contributed by atoms with E-state index >= 15 is 0 Å². The minimum atomic E-state index is -0.417. The first-order chi connectivity index (χ1) is 11.1. The van der Waals surface area contributed by atoms with Gasteiger partial charge in [-0.1, -0.05) is 17.7 Å². The molecule has 0 radical (unpaired) electrons. The van der Waals surface area contributed by atoms with Crippen molar-refractivity contribution in [2.75, 3.05) is 19.8 Å². The largest absolute Gasteiger partial charge is 0.492 e. The molecule has 122 valence electrons. The molecule has 0 spiro atoms. The Hall–Kier alpha value is -2.05. The van der Waals surface area contributed by atoms with Gasteiger partial charge in [0.25, 0.3) is 5.91 Å². The van der Waals surface area contributed by atoms with Crippen LogP contribution in [-0.2, 0) is 20.7 Å². The topological polar surface area (TPSA) is 64.6 Å². The summed E-state index contributed by atoms with van der Waals surface area (Å²) in [7, 11) is 0. The molecule has 23 heavy (non-hydrogen) atoms. The molecule has 0 saturated heterocycles. The van der Waals surface area contributed by atoms with Gasteiger partial charge in [0.15, 0.2) is 6.61 Å². The summed E-state index contributed by atoms with van der Waals surface area (Å²) in [6.45, 7) is 0.353. The molecule has 1 N–H and O–H groups in total. The van der Waals surface area contributed by atoms with Crippen LogP contribution >= 0.6 is 22.9 Å². The second-order valence-corrected chi connectivity index (χ2v) is 6.04. The molecule has 5 nitrogen and oxygen atoms in total. The molecule has 2 rings (SSSR count). The number of hydrogen-bond donors (Lipinski definition) is 1. The van der Waals surface area contributed by atoms with Gasteiger partial charge in [-0.2, -0.15) is 0 Å². The van der Waals surface area contributed by atoms with Crippen molar-refractivity contribution in [2.24, 2.45) is 0 Å². The zero-order chi connectivity index (χ0) is 16.5. The Kier molecular flexibility index (Phi) is 6.90. The summed E-state index contributed by atoms with van der Waals surface area (Å²) in [4.78, 5) is 24.0. The van der Waals surface area contributed by atoms with Crippen LogP contribution in [0.3, 0.4) is 0 Å². The Morgan fingerprint density at radius 3 is 2.65 bits per heavy atom. The van der Waals surface area contributed by atoms with Crippen molar-refractivity contribution in [3.8, 4) is 5.75 Å². The van der Waals surface area contributed by atoms with E-state index in [1.807, 2.05) is 17.5 Å². The molecular weight excluding hydrogens is 338 g/mol. The number of rotatable bonds is 8. The molecule has 1 aromatic carbocycles. The number of ether oxygens (including phenoxy) is 2. The fraction of sp³-hybridized carbons (Fsp3) is 0.250. The fourth-order valence-electron chi connectivity index (χ4n) is 1.69. The summed E-state index contributed by atoms with van der Waals surface area (Å²) in [6.07, 6.45) is 0.185. The highest BCUT2D eigenvalue weighted by Crippen LogP contribution is 2.15. The van der Waals surface area contributed by atoms with E-state index in [-0.39, 0.29) is 18.9 Å². The number of carbonyl (C=O) groups is 2. The van der Waals surface area contributed by atoms with Crippen molar-refractivity contribution in [3.63, 3.8) is 0 Å². The third-order valence-corrected chi connectivity index (χ3v) is 3.90. The molecule has 0 fully saturated rings. The molecule has 1 amide bonds. The second-order valence-electron chi connectivity index (χ2n) is 4.57. The van der Waals surface area contributed by atoms with Gasteiger partial charge in [-0.05, 0) is 35.7 Å². The lowest BCUT2D eigenvalue weighted by atomic mass is 10.3. The molecule has 0 aliphatic heterocycles. The minimum Gasteiger partial charge on any atom is -0.492 e. The number of halogens is 1. The lowest BCUT2D eigenvalue weighted by Crippen LogP contribution is -2.32. The number of amides is 1. The van der Waals surface area contributed by atoms with E-state index in [0.717, 1.165) is 4.88 Å². The molecule has 0 saturated carbocycles. The zero-order valence-corrected chi connectivity index (χ0v) is 13.9. The molecule has 0 aliphatic carbocycles. The first-order valence-corrected chi connectivity index (χ1v) is 8.22. The average Bonchev–Trinajstić information content (AvgIpc) is 3.04. The lowest BCUT2D eigenvalue weighted by molar-refractivity contribution is -0.147. The van der Waals surface area contributed by atoms with Gasteiger partial charge in [-0.25, -0.2) is 0 Å². The fourth-order valence-corrected chi connectivity index (χ4v) is 2.51. The number of thiophene rings is 1. The quantitative estimate of drug-likeness (QED) is 0.585. The highest BCUT2D eigenvalue weighted by atomic mass is 35.5. The van der Waals surface area contributed by atoms with E-state index in [0.29, 0.717) is 23.9 Å². The van der Waals surface area contributed by atoms with E-state index in [4.69, 9.17) is 21.1 Å². The van der Waals surface area contributed by atoms with Crippen molar-refractivity contribution < 1.29 is 19.1 Å². The molecule has 1 aromatic heterocycles. The van der Waals surface area contributed by atoms with Crippen LogP contribution in [-0.4, -0.2) is 31.6 Å². The van der Waals surface area contributed by atoms with E-state index in [1.165, 1.54) is 11.3 Å². The van der Waals surface area contributed by atoms with Gasteiger partial charge in [-0.3, -0.25) is 9.59 Å². The summed E-state index contributed by atoms with van der Waals surface area (Å²) in [5, 5.41) is 5.13. The van der Waals surface area contributed by atoms with E-state index in [9.17, 15) is 9.59 Å². The van der Waals surface area contributed by atoms with Gasteiger partial charge in [0.05, 0.1) is 13.0 Å². The molecule has 0 atom stereocenters. The summed E-state index contributed by atoms with van der Waals surface area (Å²) < 4.78 is 10.3. The Bertz CT molecular complexity index is 628. The van der Waals surface area contributed by atoms with Gasteiger partial charge in [0.1, 0.15) is 12.4 Å². The SMILES string of the molecule is O=C(COC(=O)Cc1cccs1)NCCOc1ccc(Cl)cc1. The second kappa shape index (κ2) is 9.17. The van der Waals surface area contributed by atoms with Crippen LogP contribution in [0.15, 0.2) is 41.8 Å². The zero-order valence-electron chi connectivity index (χ0n) is 12.3. The van der Waals surface area contributed by atoms with Crippen LogP contribution in [0.25, 0.3) is 0 Å². The van der Waals surface area contributed by atoms with Gasteiger partial charge >= 0.3 is 5.97 Å². The van der Waals surface area contributed by atoms with E-state index < -0.39 is 5.97 Å². The van der Waals surface area contributed by atoms with Crippen molar-refractivity contribution >= 4 is 34.8 Å². The summed E-state index contributed by atoms with van der Waals surface area (Å²) in [6, 6.07) is 10.7. The average molecular weight is 354 g/mol. The summed E-state index contributed by atoms with van der Waals surface area (Å²) >= 11 is 7.24.